The highest BCUT2D eigenvalue weighted by atomic mass is 32.2. The predicted molar refractivity (Wildman–Crippen MR) is 87.8 cm³/mol. The number of hydrogen-bond donors (Lipinski definition) is 0. The lowest BCUT2D eigenvalue weighted by Gasteiger charge is -2.18. The summed E-state index contributed by atoms with van der Waals surface area (Å²) in [5, 5.41) is 0. The van der Waals surface area contributed by atoms with Crippen LogP contribution in [0.1, 0.15) is 11.6 Å². The van der Waals surface area contributed by atoms with E-state index >= 15 is 0 Å². The van der Waals surface area contributed by atoms with Crippen LogP contribution in [0.5, 0.6) is 11.5 Å². The van der Waals surface area contributed by atoms with Gasteiger partial charge in [0.05, 0.1) is 14.2 Å². The van der Waals surface area contributed by atoms with Gasteiger partial charge in [-0.25, -0.2) is 4.79 Å². The molecule has 1 heterocycles. The number of ether oxygens (including phenoxy) is 2. The van der Waals surface area contributed by atoms with Crippen LogP contribution in [0.4, 0.5) is 13.2 Å². The Labute approximate surface area is 153 Å². The van der Waals surface area contributed by atoms with Crippen LogP contribution in [0.3, 0.4) is 0 Å². The van der Waals surface area contributed by atoms with Crippen molar-refractivity contribution in [2.24, 2.45) is 0 Å². The van der Waals surface area contributed by atoms with Crippen LogP contribution in [0.15, 0.2) is 42.7 Å². The molecule has 0 amide bonds. The van der Waals surface area contributed by atoms with Gasteiger partial charge in [0.2, 0.25) is 0 Å². The number of benzene rings is 1. The highest BCUT2D eigenvalue weighted by Gasteiger charge is 2.49. The third-order valence-electron chi connectivity index (χ3n) is 3.60. The molecule has 0 bridgehead atoms. The first-order valence-corrected chi connectivity index (χ1v) is 8.88. The van der Waals surface area contributed by atoms with Gasteiger partial charge >= 0.3 is 21.6 Å². The average molecular weight is 407 g/mol. The highest BCUT2D eigenvalue weighted by Crippen LogP contribution is 2.34. The first kappa shape index (κ1) is 20.6. The van der Waals surface area contributed by atoms with Gasteiger partial charge in [-0.1, -0.05) is 6.07 Å². The Balaban J connectivity index is 2.31. The van der Waals surface area contributed by atoms with Gasteiger partial charge in [-0.15, -0.1) is 0 Å². The summed E-state index contributed by atoms with van der Waals surface area (Å²) in [5.74, 6) is -1.37. The van der Waals surface area contributed by atoms with Gasteiger partial charge in [-0.05, 0) is 29.8 Å². The van der Waals surface area contributed by atoms with Crippen molar-refractivity contribution in [3.8, 4) is 11.5 Å². The zero-order valence-electron chi connectivity index (χ0n) is 14.3. The van der Waals surface area contributed by atoms with E-state index in [0.29, 0.717) is 5.56 Å². The number of carbonyl (C=O) groups excluding carboxylic acids is 1. The van der Waals surface area contributed by atoms with Crippen molar-refractivity contribution in [1.29, 1.82) is 0 Å². The Hall–Kier alpha value is -2.69. The fraction of sp³-hybridized carbons (Fsp3) is 0.312. The number of halogens is 3. The lowest BCUT2D eigenvalue weighted by molar-refractivity contribution is -0.144. The first-order chi connectivity index (χ1) is 12.6. The molecule has 2 rings (SSSR count). The molecular formula is C16H16F3NO6S. The fourth-order valence-electron chi connectivity index (χ4n) is 2.30. The van der Waals surface area contributed by atoms with Crippen LogP contribution in [0.25, 0.3) is 0 Å². The van der Waals surface area contributed by atoms with E-state index in [4.69, 9.17) is 9.47 Å². The Morgan fingerprint density at radius 1 is 1.15 bits per heavy atom. The molecule has 0 N–H and O–H groups in total. The van der Waals surface area contributed by atoms with Crippen molar-refractivity contribution in [2.75, 3.05) is 14.2 Å². The maximum atomic E-state index is 12.5. The summed E-state index contributed by atoms with van der Waals surface area (Å²) in [5.41, 5.74) is -5.08. The lowest BCUT2D eigenvalue weighted by atomic mass is 10.1. The van der Waals surface area contributed by atoms with E-state index in [-0.39, 0.29) is 12.2 Å². The molecule has 27 heavy (non-hydrogen) atoms. The number of carbonyl (C=O) groups is 1. The maximum absolute atomic E-state index is 12.5. The fourth-order valence-corrected chi connectivity index (χ4v) is 2.77. The van der Waals surface area contributed by atoms with Crippen molar-refractivity contribution in [2.45, 2.75) is 18.0 Å². The molecule has 0 saturated heterocycles. The standard InChI is InChI=1S/C16H16F3NO6S/c1-24-14-10-11(5-6-13(14)26-27(22,23)16(17,18)19)9-12(15(21)25-2)20-7-3-4-8-20/h3-8,10,12H,9H2,1-2H3/t12-/m0/s1. The van der Waals surface area contributed by atoms with E-state index in [1.807, 2.05) is 0 Å². The second-order valence-electron chi connectivity index (χ2n) is 5.34. The van der Waals surface area contributed by atoms with Crippen LogP contribution in [0.2, 0.25) is 0 Å². The summed E-state index contributed by atoms with van der Waals surface area (Å²) in [6, 6.07) is 6.37. The van der Waals surface area contributed by atoms with E-state index in [1.165, 1.54) is 19.2 Å². The normalized spacial score (nSPS) is 13.1. The van der Waals surface area contributed by atoms with E-state index in [1.54, 1.807) is 29.1 Å². The van der Waals surface area contributed by atoms with E-state index in [0.717, 1.165) is 13.2 Å². The van der Waals surface area contributed by atoms with Crippen molar-refractivity contribution >= 4 is 16.1 Å². The number of esters is 1. The van der Waals surface area contributed by atoms with Gasteiger partial charge in [0, 0.05) is 18.8 Å². The summed E-state index contributed by atoms with van der Waals surface area (Å²) in [4.78, 5) is 12.0. The van der Waals surface area contributed by atoms with Gasteiger partial charge in [-0.2, -0.15) is 21.6 Å². The zero-order valence-corrected chi connectivity index (χ0v) is 15.1. The quantitative estimate of drug-likeness (QED) is 0.399. The highest BCUT2D eigenvalue weighted by molar-refractivity contribution is 7.88. The number of rotatable bonds is 7. The number of aromatic nitrogens is 1. The Kier molecular flexibility index (Phi) is 6.04. The average Bonchev–Trinajstić information content (AvgIpc) is 3.13. The molecule has 0 aliphatic carbocycles. The lowest BCUT2D eigenvalue weighted by Crippen LogP contribution is -2.28. The van der Waals surface area contributed by atoms with Gasteiger partial charge < -0.3 is 18.2 Å². The first-order valence-electron chi connectivity index (χ1n) is 7.47. The van der Waals surface area contributed by atoms with Crippen LogP contribution in [0, 0.1) is 0 Å². The zero-order chi connectivity index (χ0) is 20.2. The molecular weight excluding hydrogens is 391 g/mol. The third-order valence-corrected chi connectivity index (χ3v) is 4.57. The second kappa shape index (κ2) is 7.91. The van der Waals surface area contributed by atoms with Gasteiger partial charge in [0.25, 0.3) is 0 Å². The summed E-state index contributed by atoms with van der Waals surface area (Å²) in [7, 11) is -3.45. The SMILES string of the molecule is COC(=O)[C@H](Cc1ccc(OS(=O)(=O)C(F)(F)F)c(OC)c1)n1cccc1. The summed E-state index contributed by atoms with van der Waals surface area (Å²) >= 11 is 0. The molecule has 0 unspecified atom stereocenters. The van der Waals surface area contributed by atoms with Gasteiger partial charge in [0.1, 0.15) is 6.04 Å². The molecule has 0 aliphatic heterocycles. The molecule has 11 heteroatoms. The molecule has 0 fully saturated rings. The van der Waals surface area contributed by atoms with Crippen LogP contribution >= 0.6 is 0 Å². The second-order valence-corrected chi connectivity index (χ2v) is 6.88. The molecule has 0 saturated carbocycles. The summed E-state index contributed by atoms with van der Waals surface area (Å²) < 4.78 is 75.2. The molecule has 0 aliphatic rings. The predicted octanol–water partition coefficient (Wildman–Crippen LogP) is 2.68. The van der Waals surface area contributed by atoms with Crippen molar-refractivity contribution < 1.29 is 40.0 Å². The molecule has 0 radical (unpaired) electrons. The smallest absolute Gasteiger partial charge is 0.493 e. The summed E-state index contributed by atoms with van der Waals surface area (Å²) in [6.07, 6.45) is 3.45. The van der Waals surface area contributed by atoms with Crippen molar-refractivity contribution in [3.05, 3.63) is 48.3 Å². The molecule has 0 spiro atoms. The molecule has 1 aromatic heterocycles. The molecule has 1 aromatic carbocycles. The molecule has 148 valence electrons. The molecule has 1 atom stereocenters. The Morgan fingerprint density at radius 2 is 1.78 bits per heavy atom. The minimum absolute atomic E-state index is 0.129. The van der Waals surface area contributed by atoms with E-state index < -0.39 is 33.4 Å². The van der Waals surface area contributed by atoms with Crippen LogP contribution in [-0.4, -0.2) is 38.7 Å². The minimum atomic E-state index is -5.83. The number of nitrogens with zero attached hydrogens (tertiary/aromatic N) is 1. The van der Waals surface area contributed by atoms with Crippen LogP contribution in [-0.2, 0) is 26.1 Å². The van der Waals surface area contributed by atoms with Gasteiger partial charge in [0.15, 0.2) is 11.5 Å². The molecule has 2 aromatic rings. The number of hydrogen-bond acceptors (Lipinski definition) is 6. The topological polar surface area (TPSA) is 83.8 Å². The Morgan fingerprint density at radius 3 is 2.30 bits per heavy atom. The third kappa shape index (κ3) is 4.73. The van der Waals surface area contributed by atoms with E-state index in [2.05, 4.69) is 4.18 Å². The largest absolute Gasteiger partial charge is 0.534 e. The number of methoxy groups -OCH3 is 2. The van der Waals surface area contributed by atoms with E-state index in [9.17, 15) is 26.4 Å². The van der Waals surface area contributed by atoms with Crippen molar-refractivity contribution in [1.82, 2.24) is 4.57 Å². The minimum Gasteiger partial charge on any atom is -0.493 e. The molecule has 7 nitrogen and oxygen atoms in total. The Bertz CT molecular complexity index is 893. The monoisotopic (exact) mass is 407 g/mol. The maximum Gasteiger partial charge on any atom is 0.534 e. The number of alkyl halides is 3. The van der Waals surface area contributed by atoms with Crippen LogP contribution < -0.4 is 8.92 Å². The van der Waals surface area contributed by atoms with Crippen molar-refractivity contribution in [3.63, 3.8) is 0 Å². The summed E-state index contributed by atoms with van der Waals surface area (Å²) in [6.45, 7) is 0. The van der Waals surface area contributed by atoms with Gasteiger partial charge in [-0.3, -0.25) is 0 Å².